The summed E-state index contributed by atoms with van der Waals surface area (Å²) in [6.45, 7) is 9.05. The molecular weight excluding hydrogens is 754 g/mol. The highest BCUT2D eigenvalue weighted by Gasteiger charge is 2.24. The maximum atomic E-state index is 14.9. The standard InChI is InChI=1S/2C20H24FN5O3/c2*1-14-6-7-16(12-22-14)23-19(27)24-17-5-3-4-15(18(17)21)13-25-8-10-26(11-9-25)20(28)29-2/h2*3-7,12H,8-11,13H2,1-2H3,(H2,23,24,27). The van der Waals surface area contributed by atoms with Crippen molar-refractivity contribution in [2.45, 2.75) is 26.9 Å². The predicted molar refractivity (Wildman–Crippen MR) is 215 cm³/mol. The Labute approximate surface area is 335 Å². The van der Waals surface area contributed by atoms with Crippen LogP contribution < -0.4 is 21.3 Å². The molecule has 2 aromatic heterocycles. The fourth-order valence-corrected chi connectivity index (χ4v) is 6.17. The summed E-state index contributed by atoms with van der Waals surface area (Å²) in [6, 6.07) is 15.7. The molecule has 4 N–H and O–H groups in total. The predicted octanol–water partition coefficient (Wildman–Crippen LogP) is 6.11. The third-order valence-electron chi connectivity index (χ3n) is 9.39. The van der Waals surface area contributed by atoms with Crippen LogP contribution in [0.25, 0.3) is 0 Å². The third-order valence-corrected chi connectivity index (χ3v) is 9.39. The molecule has 6 rings (SSSR count). The lowest BCUT2D eigenvalue weighted by molar-refractivity contribution is 0.0880. The van der Waals surface area contributed by atoms with Crippen molar-refractivity contribution in [3.8, 4) is 0 Å². The lowest BCUT2D eigenvalue weighted by Gasteiger charge is -2.33. The molecule has 2 aromatic carbocycles. The number of nitrogens with one attached hydrogen (secondary N) is 4. The van der Waals surface area contributed by atoms with Crippen LogP contribution in [0, 0.1) is 25.5 Å². The summed E-state index contributed by atoms with van der Waals surface area (Å²) in [6.07, 6.45) is 2.37. The van der Waals surface area contributed by atoms with E-state index in [4.69, 9.17) is 9.47 Å². The first-order valence-electron chi connectivity index (χ1n) is 18.6. The van der Waals surface area contributed by atoms with E-state index in [2.05, 4.69) is 41.0 Å². The van der Waals surface area contributed by atoms with Crippen molar-refractivity contribution < 1.29 is 37.4 Å². The average Bonchev–Trinajstić information content (AvgIpc) is 3.23. The van der Waals surface area contributed by atoms with Gasteiger partial charge < -0.3 is 40.5 Å². The van der Waals surface area contributed by atoms with Crippen LogP contribution in [0.3, 0.4) is 0 Å². The van der Waals surface area contributed by atoms with Crippen molar-refractivity contribution in [3.05, 3.63) is 107 Å². The van der Waals surface area contributed by atoms with Crippen molar-refractivity contribution in [1.82, 2.24) is 29.6 Å². The molecule has 0 saturated carbocycles. The second-order valence-electron chi connectivity index (χ2n) is 13.6. The first kappa shape index (κ1) is 42.7. The normalized spacial score (nSPS) is 14.4. The molecule has 4 heterocycles. The molecule has 0 spiro atoms. The average molecular weight is 803 g/mol. The summed E-state index contributed by atoms with van der Waals surface area (Å²) < 4.78 is 39.2. The second kappa shape index (κ2) is 20.7. The van der Waals surface area contributed by atoms with E-state index in [1.165, 1.54) is 38.7 Å². The molecule has 58 heavy (non-hydrogen) atoms. The van der Waals surface area contributed by atoms with Gasteiger partial charge in [-0.25, -0.2) is 28.0 Å². The summed E-state index contributed by atoms with van der Waals surface area (Å²) in [5, 5.41) is 10.3. The second-order valence-corrected chi connectivity index (χ2v) is 13.6. The summed E-state index contributed by atoms with van der Waals surface area (Å²) in [5.74, 6) is -0.944. The van der Waals surface area contributed by atoms with Gasteiger partial charge in [0.25, 0.3) is 0 Å². The van der Waals surface area contributed by atoms with Gasteiger partial charge in [-0.05, 0) is 50.2 Å². The van der Waals surface area contributed by atoms with Crippen LogP contribution in [0.5, 0.6) is 0 Å². The Morgan fingerprint density at radius 2 is 0.948 bits per heavy atom. The summed E-state index contributed by atoms with van der Waals surface area (Å²) >= 11 is 0. The number of carbonyl (C=O) groups is 4. The zero-order valence-electron chi connectivity index (χ0n) is 32.9. The molecule has 2 aliphatic rings. The highest BCUT2D eigenvalue weighted by atomic mass is 19.1. The van der Waals surface area contributed by atoms with Crippen molar-refractivity contribution in [3.63, 3.8) is 0 Å². The lowest BCUT2D eigenvalue weighted by atomic mass is 10.1. The lowest BCUT2D eigenvalue weighted by Crippen LogP contribution is -2.48. The molecule has 4 aromatic rings. The molecular formula is C40H48F2N10O6. The van der Waals surface area contributed by atoms with Gasteiger partial charge in [0, 0.05) is 88.0 Å². The van der Waals surface area contributed by atoms with Crippen LogP contribution in [0.15, 0.2) is 73.1 Å². The maximum Gasteiger partial charge on any atom is 0.409 e. The number of aryl methyl sites for hydroxylation is 2. The van der Waals surface area contributed by atoms with Crippen LogP contribution in [-0.4, -0.2) is 120 Å². The molecule has 2 saturated heterocycles. The Balaban J connectivity index is 0.000000221. The van der Waals surface area contributed by atoms with Crippen LogP contribution in [0.4, 0.5) is 50.7 Å². The van der Waals surface area contributed by atoms with E-state index >= 15 is 0 Å². The van der Waals surface area contributed by atoms with E-state index in [9.17, 15) is 28.0 Å². The number of methoxy groups -OCH3 is 2. The van der Waals surface area contributed by atoms with Gasteiger partial charge in [0.2, 0.25) is 0 Å². The number of ether oxygens (including phenoxy) is 2. The number of nitrogens with zero attached hydrogens (tertiary/aromatic N) is 6. The SMILES string of the molecule is COC(=O)N1CCN(Cc2cccc(NC(=O)Nc3ccc(C)nc3)c2F)CC1.COC(=O)N1CCN(Cc2cccc(NC(=O)Nc3ccc(C)nc3)c2F)CC1. The Morgan fingerprint density at radius 1 is 0.569 bits per heavy atom. The number of pyridine rings is 2. The van der Waals surface area contributed by atoms with Gasteiger partial charge in [0.15, 0.2) is 11.6 Å². The number of carbonyl (C=O) groups excluding carboxylic acids is 4. The molecule has 308 valence electrons. The zero-order chi connectivity index (χ0) is 41.6. The minimum absolute atomic E-state index is 0.105. The van der Waals surface area contributed by atoms with Crippen LogP contribution >= 0.6 is 0 Å². The van der Waals surface area contributed by atoms with Gasteiger partial charge in [-0.3, -0.25) is 19.8 Å². The first-order chi connectivity index (χ1) is 27.9. The molecule has 2 aliphatic heterocycles. The molecule has 0 atom stereocenters. The maximum absolute atomic E-state index is 14.9. The van der Waals surface area contributed by atoms with Crippen LogP contribution in [0.1, 0.15) is 22.5 Å². The van der Waals surface area contributed by atoms with Gasteiger partial charge in [0.1, 0.15) is 0 Å². The van der Waals surface area contributed by atoms with E-state index < -0.39 is 23.7 Å². The number of hydrogen-bond donors (Lipinski definition) is 4. The first-order valence-corrected chi connectivity index (χ1v) is 18.6. The number of amides is 6. The number of hydrogen-bond acceptors (Lipinski definition) is 10. The van der Waals surface area contributed by atoms with Gasteiger partial charge in [0.05, 0.1) is 49.4 Å². The summed E-state index contributed by atoms with van der Waals surface area (Å²) in [7, 11) is 2.71. The molecule has 0 radical (unpaired) electrons. The van der Waals surface area contributed by atoms with Crippen molar-refractivity contribution in [1.29, 1.82) is 0 Å². The number of anilines is 4. The summed E-state index contributed by atoms with van der Waals surface area (Å²) in [4.78, 5) is 63.0. The van der Waals surface area contributed by atoms with Gasteiger partial charge in [-0.1, -0.05) is 24.3 Å². The molecule has 0 unspecified atom stereocenters. The largest absolute Gasteiger partial charge is 0.453 e. The third kappa shape index (κ3) is 12.3. The molecule has 18 heteroatoms. The minimum atomic E-state index is -0.543. The van der Waals surface area contributed by atoms with Crippen LogP contribution in [-0.2, 0) is 22.6 Å². The van der Waals surface area contributed by atoms with Gasteiger partial charge >= 0.3 is 24.2 Å². The molecule has 2 fully saturated rings. The highest BCUT2D eigenvalue weighted by molar-refractivity contribution is 6.00. The molecule has 0 bridgehead atoms. The number of benzene rings is 2. The molecule has 0 aliphatic carbocycles. The van der Waals surface area contributed by atoms with E-state index in [0.29, 0.717) is 87.9 Å². The highest BCUT2D eigenvalue weighted by Crippen LogP contribution is 2.22. The quantitative estimate of drug-likeness (QED) is 0.163. The monoisotopic (exact) mass is 802 g/mol. The van der Waals surface area contributed by atoms with E-state index in [1.54, 1.807) is 58.3 Å². The van der Waals surface area contributed by atoms with Crippen LogP contribution in [0.2, 0.25) is 0 Å². The van der Waals surface area contributed by atoms with Gasteiger partial charge in [-0.2, -0.15) is 0 Å². The number of halogens is 2. The number of aromatic nitrogens is 2. The molecule has 6 amide bonds. The number of urea groups is 2. The Bertz CT molecular complexity index is 1880. The van der Waals surface area contributed by atoms with E-state index in [0.717, 1.165) is 11.4 Å². The Morgan fingerprint density at radius 3 is 1.28 bits per heavy atom. The topological polar surface area (TPSA) is 174 Å². The van der Waals surface area contributed by atoms with E-state index in [1.807, 2.05) is 13.8 Å². The number of piperazine rings is 2. The van der Waals surface area contributed by atoms with Gasteiger partial charge in [-0.15, -0.1) is 0 Å². The smallest absolute Gasteiger partial charge is 0.409 e. The van der Waals surface area contributed by atoms with Crippen molar-refractivity contribution in [2.75, 3.05) is 87.8 Å². The van der Waals surface area contributed by atoms with E-state index in [-0.39, 0.29) is 23.6 Å². The summed E-state index contributed by atoms with van der Waals surface area (Å²) in [5.41, 5.74) is 3.88. The van der Waals surface area contributed by atoms with Crippen molar-refractivity contribution in [2.24, 2.45) is 0 Å². The molecule has 16 nitrogen and oxygen atoms in total. The minimum Gasteiger partial charge on any atom is -0.453 e. The number of rotatable bonds is 8. The Kier molecular flexibility index (Phi) is 15.2. The Hall–Kier alpha value is -6.40. The fraction of sp³-hybridized carbons (Fsp3) is 0.350. The zero-order valence-corrected chi connectivity index (χ0v) is 32.9. The van der Waals surface area contributed by atoms with Crippen molar-refractivity contribution >= 4 is 47.0 Å². The fourth-order valence-electron chi connectivity index (χ4n) is 6.17.